The first kappa shape index (κ1) is 13.6. The van der Waals surface area contributed by atoms with E-state index in [4.69, 9.17) is 23.2 Å². The number of nitrogens with one attached hydrogen (secondary N) is 1. The average molecular weight is 322 g/mol. The van der Waals surface area contributed by atoms with Crippen LogP contribution in [0.2, 0.25) is 10.0 Å². The van der Waals surface area contributed by atoms with Gasteiger partial charge in [-0.15, -0.1) is 0 Å². The topological polar surface area (TPSA) is 32.9 Å². The van der Waals surface area contributed by atoms with Gasteiger partial charge in [0.25, 0.3) is 0 Å². The van der Waals surface area contributed by atoms with Crippen molar-refractivity contribution in [3.8, 4) is 0 Å². The van der Waals surface area contributed by atoms with E-state index in [1.165, 1.54) is 11.8 Å². The van der Waals surface area contributed by atoms with Crippen LogP contribution in [0.15, 0.2) is 63.1 Å². The van der Waals surface area contributed by atoms with E-state index in [1.54, 1.807) is 24.3 Å². The monoisotopic (exact) mass is 321 g/mol. The van der Waals surface area contributed by atoms with Crippen molar-refractivity contribution in [3.63, 3.8) is 0 Å². The van der Waals surface area contributed by atoms with Gasteiger partial charge in [-0.25, -0.2) is 0 Å². The third-order valence-corrected chi connectivity index (χ3v) is 4.62. The van der Waals surface area contributed by atoms with E-state index in [-0.39, 0.29) is 5.56 Å². The minimum absolute atomic E-state index is 0.135. The number of aromatic nitrogens is 1. The highest BCUT2D eigenvalue weighted by atomic mass is 35.5. The Morgan fingerprint density at radius 3 is 2.60 bits per heavy atom. The van der Waals surface area contributed by atoms with Gasteiger partial charge in [-0.05, 0) is 24.3 Å². The molecule has 0 radical (unpaired) electrons. The van der Waals surface area contributed by atoms with Gasteiger partial charge < -0.3 is 4.98 Å². The molecule has 0 saturated heterocycles. The summed E-state index contributed by atoms with van der Waals surface area (Å²) >= 11 is 13.6. The molecule has 0 aliphatic rings. The number of benzene rings is 2. The quantitative estimate of drug-likeness (QED) is 0.721. The first-order chi connectivity index (χ1) is 9.63. The van der Waals surface area contributed by atoms with Crippen LogP contribution in [0, 0.1) is 0 Å². The molecule has 1 aromatic heterocycles. The fourth-order valence-corrected chi connectivity index (χ4v) is 3.44. The predicted molar refractivity (Wildman–Crippen MR) is 85.2 cm³/mol. The molecule has 0 fully saturated rings. The van der Waals surface area contributed by atoms with Crippen LogP contribution in [0.25, 0.3) is 10.9 Å². The van der Waals surface area contributed by atoms with Crippen molar-refractivity contribution in [3.05, 3.63) is 68.9 Å². The van der Waals surface area contributed by atoms with Crippen molar-refractivity contribution >= 4 is 45.9 Å². The number of halogens is 2. The molecule has 1 N–H and O–H groups in total. The maximum atomic E-state index is 11.7. The van der Waals surface area contributed by atoms with Crippen LogP contribution in [0.3, 0.4) is 0 Å². The molecule has 0 amide bonds. The van der Waals surface area contributed by atoms with Gasteiger partial charge in [0, 0.05) is 31.8 Å². The summed E-state index contributed by atoms with van der Waals surface area (Å²) in [6.07, 6.45) is 0. The Kier molecular flexibility index (Phi) is 3.74. The molecule has 3 rings (SSSR count). The van der Waals surface area contributed by atoms with E-state index in [0.29, 0.717) is 10.0 Å². The van der Waals surface area contributed by atoms with Crippen LogP contribution in [0.1, 0.15) is 0 Å². The molecule has 0 spiro atoms. The summed E-state index contributed by atoms with van der Waals surface area (Å²) in [6.45, 7) is 0. The Bertz CT molecular complexity index is 845. The molecular weight excluding hydrogens is 313 g/mol. The second-order valence-electron chi connectivity index (χ2n) is 4.22. The number of para-hydroxylation sites is 1. The molecule has 5 heteroatoms. The van der Waals surface area contributed by atoms with Gasteiger partial charge in [0.2, 0.25) is 5.56 Å². The highest BCUT2D eigenvalue weighted by molar-refractivity contribution is 7.99. The molecule has 0 aliphatic carbocycles. The number of pyridine rings is 1. The van der Waals surface area contributed by atoms with E-state index in [2.05, 4.69) is 4.98 Å². The standard InChI is InChI=1S/C15H9Cl2NOS/c16-9-5-6-11(17)14(7-9)20-13-8-15(19)18-12-4-2-1-3-10(12)13/h1-8H,(H,18,19). The molecule has 0 bridgehead atoms. The maximum Gasteiger partial charge on any atom is 0.249 e. The summed E-state index contributed by atoms with van der Waals surface area (Å²) in [5.41, 5.74) is 0.671. The largest absolute Gasteiger partial charge is 0.322 e. The first-order valence-electron chi connectivity index (χ1n) is 5.88. The fourth-order valence-electron chi connectivity index (χ4n) is 1.93. The van der Waals surface area contributed by atoms with Crippen molar-refractivity contribution in [2.75, 3.05) is 0 Å². The van der Waals surface area contributed by atoms with Crippen molar-refractivity contribution in [1.29, 1.82) is 0 Å². The molecule has 1 heterocycles. The Hall–Kier alpha value is -1.42. The zero-order valence-corrected chi connectivity index (χ0v) is 12.5. The summed E-state index contributed by atoms with van der Waals surface area (Å²) in [4.78, 5) is 16.2. The molecule has 2 nitrogen and oxygen atoms in total. The van der Waals surface area contributed by atoms with Gasteiger partial charge in [0.1, 0.15) is 0 Å². The lowest BCUT2D eigenvalue weighted by Gasteiger charge is -2.07. The van der Waals surface area contributed by atoms with E-state index >= 15 is 0 Å². The van der Waals surface area contributed by atoms with Gasteiger partial charge in [-0.3, -0.25) is 4.79 Å². The van der Waals surface area contributed by atoms with Crippen LogP contribution in [0.5, 0.6) is 0 Å². The van der Waals surface area contributed by atoms with E-state index < -0.39 is 0 Å². The maximum absolute atomic E-state index is 11.7. The smallest absolute Gasteiger partial charge is 0.249 e. The normalized spacial score (nSPS) is 10.9. The zero-order chi connectivity index (χ0) is 14.1. The average Bonchev–Trinajstić information content (AvgIpc) is 2.43. The predicted octanol–water partition coefficient (Wildman–Crippen LogP) is 4.99. The summed E-state index contributed by atoms with van der Waals surface area (Å²) in [7, 11) is 0. The van der Waals surface area contributed by atoms with Crippen LogP contribution < -0.4 is 5.56 Å². The molecule has 100 valence electrons. The third-order valence-electron chi connectivity index (χ3n) is 2.83. The van der Waals surface area contributed by atoms with Crippen LogP contribution in [-0.2, 0) is 0 Å². The second kappa shape index (κ2) is 5.52. The highest BCUT2D eigenvalue weighted by Crippen LogP contribution is 2.37. The van der Waals surface area contributed by atoms with E-state index in [0.717, 1.165) is 20.7 Å². The van der Waals surface area contributed by atoms with Gasteiger partial charge in [-0.1, -0.05) is 53.2 Å². The molecule has 0 aliphatic heterocycles. The fraction of sp³-hybridized carbons (Fsp3) is 0. The molecular formula is C15H9Cl2NOS. The van der Waals surface area contributed by atoms with Crippen molar-refractivity contribution < 1.29 is 0 Å². The SMILES string of the molecule is O=c1cc(Sc2cc(Cl)ccc2Cl)c2ccccc2[nH]1. The summed E-state index contributed by atoms with van der Waals surface area (Å²) in [6, 6.07) is 14.5. The second-order valence-corrected chi connectivity index (χ2v) is 6.15. The van der Waals surface area contributed by atoms with Crippen molar-refractivity contribution in [2.45, 2.75) is 9.79 Å². The minimum Gasteiger partial charge on any atom is -0.322 e. The molecule has 0 saturated carbocycles. The van der Waals surface area contributed by atoms with Gasteiger partial charge in [0.15, 0.2) is 0 Å². The Morgan fingerprint density at radius 2 is 1.75 bits per heavy atom. The lowest BCUT2D eigenvalue weighted by molar-refractivity contribution is 1.26. The van der Waals surface area contributed by atoms with Crippen molar-refractivity contribution in [2.24, 2.45) is 0 Å². The number of H-pyrrole nitrogens is 1. The van der Waals surface area contributed by atoms with E-state index in [9.17, 15) is 4.79 Å². The lowest BCUT2D eigenvalue weighted by atomic mass is 10.2. The molecule has 3 aromatic rings. The Morgan fingerprint density at radius 1 is 0.950 bits per heavy atom. The van der Waals surface area contributed by atoms with Crippen LogP contribution in [0.4, 0.5) is 0 Å². The van der Waals surface area contributed by atoms with Crippen LogP contribution in [-0.4, -0.2) is 4.98 Å². The van der Waals surface area contributed by atoms with Crippen molar-refractivity contribution in [1.82, 2.24) is 4.98 Å². The Balaban J connectivity index is 2.15. The van der Waals surface area contributed by atoms with Gasteiger partial charge >= 0.3 is 0 Å². The number of aromatic amines is 1. The molecule has 20 heavy (non-hydrogen) atoms. The summed E-state index contributed by atoms with van der Waals surface area (Å²) in [5, 5.41) is 2.21. The molecule has 0 atom stereocenters. The zero-order valence-electron chi connectivity index (χ0n) is 10.2. The summed E-state index contributed by atoms with van der Waals surface area (Å²) in [5.74, 6) is 0. The molecule has 2 aromatic carbocycles. The molecule has 0 unspecified atom stereocenters. The van der Waals surface area contributed by atoms with Gasteiger partial charge in [-0.2, -0.15) is 0 Å². The minimum atomic E-state index is -0.135. The number of fused-ring (bicyclic) bond motifs is 1. The first-order valence-corrected chi connectivity index (χ1v) is 7.46. The number of hydrogen-bond acceptors (Lipinski definition) is 2. The van der Waals surface area contributed by atoms with Crippen LogP contribution >= 0.6 is 35.0 Å². The number of hydrogen-bond donors (Lipinski definition) is 1. The Labute approximate surface area is 129 Å². The highest BCUT2D eigenvalue weighted by Gasteiger charge is 2.08. The van der Waals surface area contributed by atoms with E-state index in [1.807, 2.05) is 24.3 Å². The lowest BCUT2D eigenvalue weighted by Crippen LogP contribution is -2.04. The third kappa shape index (κ3) is 2.70. The summed E-state index contributed by atoms with van der Waals surface area (Å²) < 4.78 is 0. The van der Waals surface area contributed by atoms with Gasteiger partial charge in [0.05, 0.1) is 5.02 Å². The number of rotatable bonds is 2.